The number of carboxylic acid groups (broad SMARTS) is 1. The SMILES string of the molecule is Cc1ccc2nc(-c3nc(C)sc3C)cc(C(=O)O)c2c1. The zero-order valence-electron chi connectivity index (χ0n) is 12.0. The van der Waals surface area contributed by atoms with E-state index in [1.807, 2.05) is 39.0 Å². The van der Waals surface area contributed by atoms with Crippen LogP contribution in [0.5, 0.6) is 0 Å². The summed E-state index contributed by atoms with van der Waals surface area (Å²) >= 11 is 1.59. The van der Waals surface area contributed by atoms with Gasteiger partial charge in [0.2, 0.25) is 0 Å². The largest absolute Gasteiger partial charge is 0.478 e. The summed E-state index contributed by atoms with van der Waals surface area (Å²) in [6.45, 7) is 5.85. The number of hydrogen-bond donors (Lipinski definition) is 1. The average Bonchev–Trinajstić information content (AvgIpc) is 2.76. The first-order valence-corrected chi connectivity index (χ1v) is 7.36. The molecule has 3 aromatic rings. The molecule has 3 rings (SSSR count). The van der Waals surface area contributed by atoms with Crippen LogP contribution in [0.2, 0.25) is 0 Å². The lowest BCUT2D eigenvalue weighted by molar-refractivity contribution is 0.0699. The molecule has 0 aliphatic heterocycles. The van der Waals surface area contributed by atoms with Crippen LogP contribution in [-0.2, 0) is 0 Å². The number of rotatable bonds is 2. The molecule has 4 nitrogen and oxygen atoms in total. The Kier molecular flexibility index (Phi) is 3.22. The summed E-state index contributed by atoms with van der Waals surface area (Å²) in [5.41, 5.74) is 3.35. The highest BCUT2D eigenvalue weighted by molar-refractivity contribution is 7.11. The molecular weight excluding hydrogens is 284 g/mol. The number of pyridine rings is 1. The van der Waals surface area contributed by atoms with Gasteiger partial charge in [-0.05, 0) is 39.0 Å². The number of benzene rings is 1. The summed E-state index contributed by atoms with van der Waals surface area (Å²) in [7, 11) is 0. The summed E-state index contributed by atoms with van der Waals surface area (Å²) < 4.78 is 0. The molecule has 1 aromatic carbocycles. The van der Waals surface area contributed by atoms with Crippen LogP contribution in [0.3, 0.4) is 0 Å². The smallest absolute Gasteiger partial charge is 0.336 e. The Balaban J connectivity index is 2.33. The third kappa shape index (κ3) is 2.40. The van der Waals surface area contributed by atoms with Gasteiger partial charge in [-0.2, -0.15) is 0 Å². The van der Waals surface area contributed by atoms with Gasteiger partial charge in [0, 0.05) is 10.3 Å². The molecule has 2 heterocycles. The molecular formula is C16H14N2O2S. The fraction of sp³-hybridized carbons (Fsp3) is 0.188. The van der Waals surface area contributed by atoms with E-state index in [0.717, 1.165) is 21.1 Å². The monoisotopic (exact) mass is 298 g/mol. The third-order valence-electron chi connectivity index (χ3n) is 3.34. The zero-order valence-corrected chi connectivity index (χ0v) is 12.8. The quantitative estimate of drug-likeness (QED) is 0.777. The Morgan fingerprint density at radius 3 is 2.52 bits per heavy atom. The Hall–Kier alpha value is -2.27. The van der Waals surface area contributed by atoms with Gasteiger partial charge in [0.05, 0.1) is 21.8 Å². The van der Waals surface area contributed by atoms with E-state index in [1.54, 1.807) is 17.4 Å². The van der Waals surface area contributed by atoms with E-state index >= 15 is 0 Å². The van der Waals surface area contributed by atoms with Gasteiger partial charge in [0.1, 0.15) is 5.69 Å². The third-order valence-corrected chi connectivity index (χ3v) is 4.23. The first kappa shape index (κ1) is 13.7. The second-order valence-electron chi connectivity index (χ2n) is 5.02. The van der Waals surface area contributed by atoms with Crippen LogP contribution < -0.4 is 0 Å². The summed E-state index contributed by atoms with van der Waals surface area (Å²) in [6, 6.07) is 7.26. The maximum atomic E-state index is 11.6. The number of carboxylic acids is 1. The fourth-order valence-corrected chi connectivity index (χ4v) is 3.23. The number of thiazole rings is 1. The first-order valence-electron chi connectivity index (χ1n) is 6.55. The van der Waals surface area contributed by atoms with Gasteiger partial charge in [0.25, 0.3) is 0 Å². The van der Waals surface area contributed by atoms with Crippen molar-refractivity contribution < 1.29 is 9.90 Å². The lowest BCUT2D eigenvalue weighted by atomic mass is 10.0. The van der Waals surface area contributed by atoms with Crippen molar-refractivity contribution in [3.8, 4) is 11.4 Å². The number of carbonyl (C=O) groups is 1. The molecule has 2 aromatic heterocycles. The van der Waals surface area contributed by atoms with Gasteiger partial charge < -0.3 is 5.11 Å². The molecule has 1 N–H and O–H groups in total. The highest BCUT2D eigenvalue weighted by Gasteiger charge is 2.16. The minimum absolute atomic E-state index is 0.267. The van der Waals surface area contributed by atoms with E-state index in [-0.39, 0.29) is 5.56 Å². The molecule has 0 fully saturated rings. The molecule has 106 valence electrons. The maximum absolute atomic E-state index is 11.6. The van der Waals surface area contributed by atoms with Crippen molar-refractivity contribution in [3.63, 3.8) is 0 Å². The zero-order chi connectivity index (χ0) is 15.1. The van der Waals surface area contributed by atoms with E-state index in [1.165, 1.54) is 0 Å². The summed E-state index contributed by atoms with van der Waals surface area (Å²) in [4.78, 5) is 21.7. The molecule has 0 amide bonds. The number of aromatic nitrogens is 2. The van der Waals surface area contributed by atoms with Gasteiger partial charge in [-0.3, -0.25) is 0 Å². The molecule has 0 aliphatic carbocycles. The maximum Gasteiger partial charge on any atom is 0.336 e. The van der Waals surface area contributed by atoms with Crippen molar-refractivity contribution in [2.24, 2.45) is 0 Å². The number of aromatic carboxylic acids is 1. The Bertz CT molecular complexity index is 868. The van der Waals surface area contributed by atoms with E-state index in [9.17, 15) is 9.90 Å². The molecule has 0 bridgehead atoms. The van der Waals surface area contributed by atoms with Crippen LogP contribution in [0.15, 0.2) is 24.3 Å². The van der Waals surface area contributed by atoms with E-state index in [0.29, 0.717) is 16.6 Å². The van der Waals surface area contributed by atoms with Gasteiger partial charge in [-0.1, -0.05) is 11.6 Å². The minimum Gasteiger partial charge on any atom is -0.478 e. The summed E-state index contributed by atoms with van der Waals surface area (Å²) in [5, 5.41) is 11.1. The Morgan fingerprint density at radius 1 is 1.14 bits per heavy atom. The normalized spacial score (nSPS) is 11.0. The van der Waals surface area contributed by atoms with Crippen LogP contribution in [0.4, 0.5) is 0 Å². The van der Waals surface area contributed by atoms with Crippen LogP contribution >= 0.6 is 11.3 Å². The van der Waals surface area contributed by atoms with E-state index in [4.69, 9.17) is 0 Å². The van der Waals surface area contributed by atoms with Crippen LogP contribution in [0.25, 0.3) is 22.3 Å². The lowest BCUT2D eigenvalue weighted by Gasteiger charge is -2.07. The van der Waals surface area contributed by atoms with Gasteiger partial charge in [0.15, 0.2) is 0 Å². The Morgan fingerprint density at radius 2 is 1.90 bits per heavy atom. The van der Waals surface area contributed by atoms with Crippen molar-refractivity contribution in [1.29, 1.82) is 0 Å². The second kappa shape index (κ2) is 4.93. The summed E-state index contributed by atoms with van der Waals surface area (Å²) in [6.07, 6.45) is 0. The minimum atomic E-state index is -0.946. The van der Waals surface area contributed by atoms with E-state index in [2.05, 4.69) is 9.97 Å². The van der Waals surface area contributed by atoms with Gasteiger partial charge in [-0.25, -0.2) is 14.8 Å². The van der Waals surface area contributed by atoms with Crippen molar-refractivity contribution in [2.45, 2.75) is 20.8 Å². The number of hydrogen-bond acceptors (Lipinski definition) is 4. The lowest BCUT2D eigenvalue weighted by Crippen LogP contribution is -2.01. The Labute approximate surface area is 126 Å². The van der Waals surface area contributed by atoms with Crippen molar-refractivity contribution in [1.82, 2.24) is 9.97 Å². The predicted molar refractivity (Wildman–Crippen MR) is 84.0 cm³/mol. The molecule has 0 spiro atoms. The molecule has 0 radical (unpaired) electrons. The highest BCUT2D eigenvalue weighted by atomic mass is 32.1. The number of nitrogens with zero attached hydrogens (tertiary/aromatic N) is 2. The van der Waals surface area contributed by atoms with Crippen LogP contribution in [-0.4, -0.2) is 21.0 Å². The van der Waals surface area contributed by atoms with Gasteiger partial charge >= 0.3 is 5.97 Å². The van der Waals surface area contributed by atoms with Gasteiger partial charge in [-0.15, -0.1) is 11.3 Å². The summed E-state index contributed by atoms with van der Waals surface area (Å²) in [5.74, 6) is -0.946. The number of aryl methyl sites for hydroxylation is 3. The van der Waals surface area contributed by atoms with Crippen molar-refractivity contribution >= 4 is 28.2 Å². The van der Waals surface area contributed by atoms with E-state index < -0.39 is 5.97 Å². The van der Waals surface area contributed by atoms with Crippen LogP contribution in [0, 0.1) is 20.8 Å². The molecule has 0 unspecified atom stereocenters. The molecule has 0 aliphatic rings. The van der Waals surface area contributed by atoms with Crippen molar-refractivity contribution in [2.75, 3.05) is 0 Å². The van der Waals surface area contributed by atoms with Crippen LogP contribution in [0.1, 0.15) is 25.8 Å². The number of fused-ring (bicyclic) bond motifs is 1. The first-order chi connectivity index (χ1) is 9.95. The second-order valence-corrected chi connectivity index (χ2v) is 6.43. The van der Waals surface area contributed by atoms with Crippen molar-refractivity contribution in [3.05, 3.63) is 45.3 Å². The molecule has 0 saturated heterocycles. The standard InChI is InChI=1S/C16H14N2O2S/c1-8-4-5-13-11(6-8)12(16(19)20)7-14(18-13)15-9(2)21-10(3)17-15/h4-7H,1-3H3,(H,19,20). The topological polar surface area (TPSA) is 63.1 Å². The molecule has 0 atom stereocenters. The molecule has 0 saturated carbocycles. The predicted octanol–water partition coefficient (Wildman–Crippen LogP) is 3.98. The fourth-order valence-electron chi connectivity index (χ4n) is 2.40. The highest BCUT2D eigenvalue weighted by Crippen LogP contribution is 2.29. The molecule has 5 heteroatoms. The molecule has 21 heavy (non-hydrogen) atoms. The average molecular weight is 298 g/mol.